The highest BCUT2D eigenvalue weighted by Gasteiger charge is 2.01. The summed E-state index contributed by atoms with van der Waals surface area (Å²) in [5.74, 6) is 0. The van der Waals surface area contributed by atoms with Crippen LogP contribution in [0.5, 0.6) is 0 Å². The summed E-state index contributed by atoms with van der Waals surface area (Å²) in [7, 11) is 0. The van der Waals surface area contributed by atoms with E-state index >= 15 is 0 Å². The van der Waals surface area contributed by atoms with E-state index < -0.39 is 0 Å². The molecule has 0 N–H and O–H groups in total. The van der Waals surface area contributed by atoms with Gasteiger partial charge in [0.15, 0.2) is 0 Å². The largest absolute Gasteiger partial charge is 0.260 e. The van der Waals surface area contributed by atoms with Gasteiger partial charge < -0.3 is 0 Å². The molecule has 0 saturated carbocycles. The first-order valence-corrected chi connectivity index (χ1v) is 9.67. The Balaban J connectivity index is 1.66. The smallest absolute Gasteiger partial charge is 0.0684 e. The summed E-state index contributed by atoms with van der Waals surface area (Å²) in [5.41, 5.74) is 8.93. The Morgan fingerprint density at radius 2 is 0.964 bits per heavy atom. The van der Waals surface area contributed by atoms with Gasteiger partial charge in [0, 0.05) is 36.7 Å². The van der Waals surface area contributed by atoms with E-state index in [1.165, 1.54) is 22.3 Å². The quantitative estimate of drug-likeness (QED) is 0.476. The van der Waals surface area contributed by atoms with Crippen LogP contribution < -0.4 is 0 Å². The molecule has 1 aromatic heterocycles. The zero-order chi connectivity index (χ0) is 19.9. The zero-order valence-electron chi connectivity index (χ0n) is 17.1. The molecule has 0 aliphatic carbocycles. The van der Waals surface area contributed by atoms with E-state index in [0.717, 1.165) is 35.6 Å². The Labute approximate surface area is 167 Å². The van der Waals surface area contributed by atoms with Crippen molar-refractivity contribution in [2.24, 2.45) is 9.98 Å². The molecule has 0 amide bonds. The fourth-order valence-corrected chi connectivity index (χ4v) is 3.24. The molecule has 3 rings (SSSR count). The van der Waals surface area contributed by atoms with Crippen molar-refractivity contribution in [3.63, 3.8) is 0 Å². The number of rotatable bonds is 6. The number of nitrogens with zero attached hydrogens (tertiary/aromatic N) is 3. The van der Waals surface area contributed by atoms with Crippen LogP contribution in [0.4, 0.5) is 11.4 Å². The van der Waals surface area contributed by atoms with E-state index in [-0.39, 0.29) is 0 Å². The molecule has 0 saturated heterocycles. The predicted octanol–water partition coefficient (Wildman–Crippen LogP) is 6.21. The van der Waals surface area contributed by atoms with Gasteiger partial charge in [-0.15, -0.1) is 0 Å². The van der Waals surface area contributed by atoms with Crippen molar-refractivity contribution in [3.8, 4) is 0 Å². The van der Waals surface area contributed by atoms with Crippen molar-refractivity contribution in [1.29, 1.82) is 0 Å². The number of aromatic nitrogens is 1. The number of pyridine rings is 1. The number of aryl methyl sites for hydroxylation is 4. The summed E-state index contributed by atoms with van der Waals surface area (Å²) in [6, 6.07) is 18.6. The van der Waals surface area contributed by atoms with Crippen LogP contribution in [-0.2, 0) is 12.8 Å². The Morgan fingerprint density at radius 3 is 1.36 bits per heavy atom. The molecule has 0 bridgehead atoms. The second-order valence-electron chi connectivity index (χ2n) is 7.13. The average Bonchev–Trinajstić information content (AvgIpc) is 2.67. The first-order chi connectivity index (χ1) is 13.5. The lowest BCUT2D eigenvalue weighted by molar-refractivity contribution is 1.06. The molecule has 2 aromatic carbocycles. The normalized spacial score (nSPS) is 11.6. The topological polar surface area (TPSA) is 37.6 Å². The van der Waals surface area contributed by atoms with E-state index in [1.54, 1.807) is 0 Å². The van der Waals surface area contributed by atoms with Crippen LogP contribution in [0.1, 0.15) is 33.6 Å². The van der Waals surface area contributed by atoms with Gasteiger partial charge in [0.2, 0.25) is 0 Å². The number of hydrogen-bond acceptors (Lipinski definition) is 3. The Hall–Kier alpha value is -3.07. The summed E-state index contributed by atoms with van der Waals surface area (Å²) < 4.78 is 0. The molecule has 142 valence electrons. The highest BCUT2D eigenvalue weighted by molar-refractivity contribution is 5.69. The fraction of sp³-hybridized carbons (Fsp3) is 0.240. The van der Waals surface area contributed by atoms with Crippen LogP contribution in [0.15, 0.2) is 64.6 Å². The third kappa shape index (κ3) is 5.01. The van der Waals surface area contributed by atoms with Gasteiger partial charge in [0.25, 0.3) is 0 Å². The molecule has 0 aliphatic heterocycles. The fourth-order valence-electron chi connectivity index (χ4n) is 3.24. The van der Waals surface area contributed by atoms with Crippen molar-refractivity contribution >= 4 is 23.8 Å². The lowest BCUT2D eigenvalue weighted by Gasteiger charge is -2.04. The first-order valence-electron chi connectivity index (χ1n) is 9.67. The van der Waals surface area contributed by atoms with Crippen LogP contribution in [0.2, 0.25) is 0 Å². The van der Waals surface area contributed by atoms with Gasteiger partial charge in [-0.2, -0.15) is 0 Å². The minimum atomic E-state index is 0.718. The highest BCUT2D eigenvalue weighted by atomic mass is 14.8. The van der Waals surface area contributed by atoms with Crippen LogP contribution in [0.3, 0.4) is 0 Å². The van der Waals surface area contributed by atoms with Gasteiger partial charge in [-0.25, -0.2) is 0 Å². The van der Waals surface area contributed by atoms with Gasteiger partial charge in [-0.1, -0.05) is 42.5 Å². The lowest BCUT2D eigenvalue weighted by atomic mass is 10.1. The van der Waals surface area contributed by atoms with E-state index in [2.05, 4.69) is 80.1 Å². The number of benzene rings is 2. The maximum Gasteiger partial charge on any atom is 0.0684 e. The van der Waals surface area contributed by atoms with E-state index in [9.17, 15) is 0 Å². The number of aliphatic imine (C=N–C) groups is 2. The van der Waals surface area contributed by atoms with Crippen molar-refractivity contribution in [2.75, 3.05) is 0 Å². The molecule has 0 spiro atoms. The molecule has 1 heterocycles. The summed E-state index contributed by atoms with van der Waals surface area (Å²) >= 11 is 0. The van der Waals surface area contributed by atoms with Crippen molar-refractivity contribution < 1.29 is 0 Å². The maximum atomic E-state index is 4.74. The van der Waals surface area contributed by atoms with Crippen LogP contribution in [0.25, 0.3) is 0 Å². The van der Waals surface area contributed by atoms with Crippen LogP contribution >= 0.6 is 0 Å². The molecule has 0 fully saturated rings. The SMILES string of the molecule is Cc1cccc(C)c1N=CCc1cccc(CC=Nc2c(C)cccc2C)n1. The predicted molar refractivity (Wildman–Crippen MR) is 120 cm³/mol. The number of para-hydroxylation sites is 2. The van der Waals surface area contributed by atoms with E-state index in [0.29, 0.717) is 0 Å². The van der Waals surface area contributed by atoms with Crippen molar-refractivity contribution in [1.82, 2.24) is 4.98 Å². The molecule has 0 unspecified atom stereocenters. The number of hydrogen-bond donors (Lipinski definition) is 0. The molecule has 28 heavy (non-hydrogen) atoms. The lowest BCUT2D eigenvalue weighted by Crippen LogP contribution is -1.97. The second-order valence-corrected chi connectivity index (χ2v) is 7.13. The molecule has 3 aromatic rings. The van der Waals surface area contributed by atoms with Crippen LogP contribution in [0, 0.1) is 27.7 Å². The first kappa shape index (κ1) is 19.7. The van der Waals surface area contributed by atoms with Gasteiger partial charge >= 0.3 is 0 Å². The summed E-state index contributed by atoms with van der Waals surface area (Å²) in [4.78, 5) is 14.1. The van der Waals surface area contributed by atoms with Crippen molar-refractivity contribution in [2.45, 2.75) is 40.5 Å². The van der Waals surface area contributed by atoms with Crippen molar-refractivity contribution in [3.05, 3.63) is 88.2 Å². The van der Waals surface area contributed by atoms with E-state index in [4.69, 9.17) is 4.98 Å². The highest BCUT2D eigenvalue weighted by Crippen LogP contribution is 2.23. The average molecular weight is 370 g/mol. The van der Waals surface area contributed by atoms with Gasteiger partial charge in [0.1, 0.15) is 0 Å². The molecular weight excluding hydrogens is 342 g/mol. The third-order valence-corrected chi connectivity index (χ3v) is 4.79. The Bertz CT molecular complexity index is 897. The Morgan fingerprint density at radius 1 is 0.607 bits per heavy atom. The molecular formula is C25H27N3. The molecule has 0 atom stereocenters. The summed E-state index contributed by atoms with van der Waals surface area (Å²) in [6.07, 6.45) is 5.34. The molecule has 3 nitrogen and oxygen atoms in total. The van der Waals surface area contributed by atoms with Gasteiger partial charge in [0.05, 0.1) is 11.4 Å². The standard InChI is InChI=1S/C25H27N3/c1-18-8-5-9-19(2)24(18)26-16-14-22-12-7-13-23(28-22)15-17-27-25-20(3)10-6-11-21(25)4/h5-13,16-17H,14-15H2,1-4H3. The Kier molecular flexibility index (Phi) is 6.49. The van der Waals surface area contributed by atoms with Gasteiger partial charge in [-0.3, -0.25) is 15.0 Å². The molecule has 0 radical (unpaired) electrons. The second kappa shape index (κ2) is 9.23. The van der Waals surface area contributed by atoms with Crippen LogP contribution in [-0.4, -0.2) is 17.4 Å². The third-order valence-electron chi connectivity index (χ3n) is 4.79. The zero-order valence-corrected chi connectivity index (χ0v) is 17.1. The minimum absolute atomic E-state index is 0.718. The summed E-state index contributed by atoms with van der Waals surface area (Å²) in [6.45, 7) is 8.37. The molecule has 3 heteroatoms. The summed E-state index contributed by atoms with van der Waals surface area (Å²) in [5, 5.41) is 0. The minimum Gasteiger partial charge on any atom is -0.260 e. The van der Waals surface area contributed by atoms with Gasteiger partial charge in [-0.05, 0) is 62.1 Å². The molecule has 0 aliphatic rings. The van der Waals surface area contributed by atoms with E-state index in [1.807, 2.05) is 24.6 Å². The monoisotopic (exact) mass is 369 g/mol. The maximum absolute atomic E-state index is 4.74.